The molecule has 0 saturated carbocycles. The average molecular weight is 342 g/mol. The predicted molar refractivity (Wildman–Crippen MR) is 81.0 cm³/mol. The SMILES string of the molecule is COc1ccc(CCl)c(Br)c1OCc1ccccc1. The molecular weight excluding hydrogens is 328 g/mol. The quantitative estimate of drug-likeness (QED) is 0.729. The fourth-order valence-corrected chi connectivity index (χ4v) is 2.67. The van der Waals surface area contributed by atoms with E-state index in [0.717, 1.165) is 15.6 Å². The molecule has 0 radical (unpaired) electrons. The van der Waals surface area contributed by atoms with E-state index in [9.17, 15) is 0 Å². The first-order chi connectivity index (χ1) is 9.26. The van der Waals surface area contributed by atoms with E-state index in [0.29, 0.717) is 24.0 Å². The van der Waals surface area contributed by atoms with Gasteiger partial charge < -0.3 is 9.47 Å². The first-order valence-corrected chi connectivity index (χ1v) is 7.17. The van der Waals surface area contributed by atoms with Crippen molar-refractivity contribution in [3.05, 3.63) is 58.1 Å². The van der Waals surface area contributed by atoms with Gasteiger partial charge in [0.2, 0.25) is 0 Å². The highest BCUT2D eigenvalue weighted by Gasteiger charge is 2.13. The van der Waals surface area contributed by atoms with Crippen LogP contribution >= 0.6 is 27.5 Å². The van der Waals surface area contributed by atoms with Crippen molar-refractivity contribution in [2.24, 2.45) is 0 Å². The smallest absolute Gasteiger partial charge is 0.176 e. The summed E-state index contributed by atoms with van der Waals surface area (Å²) < 4.78 is 12.0. The van der Waals surface area contributed by atoms with E-state index in [-0.39, 0.29) is 0 Å². The molecule has 0 bridgehead atoms. The van der Waals surface area contributed by atoms with Gasteiger partial charge in [-0.25, -0.2) is 0 Å². The summed E-state index contributed by atoms with van der Waals surface area (Å²) in [4.78, 5) is 0. The summed E-state index contributed by atoms with van der Waals surface area (Å²) in [6.07, 6.45) is 0. The third-order valence-corrected chi connectivity index (χ3v) is 3.89. The van der Waals surface area contributed by atoms with Gasteiger partial charge in [-0.2, -0.15) is 0 Å². The summed E-state index contributed by atoms with van der Waals surface area (Å²) in [6.45, 7) is 0.488. The maximum atomic E-state index is 5.89. The summed E-state index contributed by atoms with van der Waals surface area (Å²) in [7, 11) is 1.62. The van der Waals surface area contributed by atoms with Crippen molar-refractivity contribution in [3.63, 3.8) is 0 Å². The molecule has 100 valence electrons. The fraction of sp³-hybridized carbons (Fsp3) is 0.200. The van der Waals surface area contributed by atoms with E-state index < -0.39 is 0 Å². The second-order valence-corrected chi connectivity index (χ2v) is 5.04. The molecule has 0 N–H and O–H groups in total. The second-order valence-electron chi connectivity index (χ2n) is 3.98. The number of rotatable bonds is 5. The summed E-state index contributed by atoms with van der Waals surface area (Å²) in [5, 5.41) is 0. The van der Waals surface area contributed by atoms with Gasteiger partial charge in [-0.1, -0.05) is 36.4 Å². The van der Waals surface area contributed by atoms with Crippen molar-refractivity contribution in [1.29, 1.82) is 0 Å². The topological polar surface area (TPSA) is 18.5 Å². The van der Waals surface area contributed by atoms with Crippen LogP contribution in [0, 0.1) is 0 Å². The number of hydrogen-bond acceptors (Lipinski definition) is 2. The average Bonchev–Trinajstić information content (AvgIpc) is 2.46. The van der Waals surface area contributed by atoms with Crippen molar-refractivity contribution in [3.8, 4) is 11.5 Å². The molecule has 2 aromatic rings. The van der Waals surface area contributed by atoms with Gasteiger partial charge in [-0.15, -0.1) is 11.6 Å². The van der Waals surface area contributed by atoms with E-state index in [4.69, 9.17) is 21.1 Å². The minimum Gasteiger partial charge on any atom is -0.493 e. The minimum atomic E-state index is 0.423. The summed E-state index contributed by atoms with van der Waals surface area (Å²) >= 11 is 9.41. The lowest BCUT2D eigenvalue weighted by molar-refractivity contribution is 0.282. The molecule has 0 fully saturated rings. The Balaban J connectivity index is 2.23. The summed E-state index contributed by atoms with van der Waals surface area (Å²) in [6, 6.07) is 13.8. The molecule has 0 aromatic heterocycles. The highest BCUT2D eigenvalue weighted by Crippen LogP contribution is 2.38. The first kappa shape index (κ1) is 14.2. The van der Waals surface area contributed by atoms with Crippen LogP contribution in [0.1, 0.15) is 11.1 Å². The first-order valence-electron chi connectivity index (χ1n) is 5.84. The van der Waals surface area contributed by atoms with Gasteiger partial charge in [0, 0.05) is 5.88 Å². The predicted octanol–water partition coefficient (Wildman–Crippen LogP) is 4.78. The molecule has 2 aromatic carbocycles. The molecule has 0 aliphatic rings. The molecule has 2 rings (SSSR count). The zero-order valence-corrected chi connectivity index (χ0v) is 12.9. The Bertz CT molecular complexity index is 543. The number of methoxy groups -OCH3 is 1. The van der Waals surface area contributed by atoms with Gasteiger partial charge in [0.15, 0.2) is 11.5 Å². The van der Waals surface area contributed by atoms with Crippen LogP contribution in [0.5, 0.6) is 11.5 Å². The maximum absolute atomic E-state index is 5.89. The summed E-state index contributed by atoms with van der Waals surface area (Å²) in [5.41, 5.74) is 2.08. The van der Waals surface area contributed by atoms with Gasteiger partial charge in [0.1, 0.15) is 6.61 Å². The van der Waals surface area contributed by atoms with Crippen molar-refractivity contribution < 1.29 is 9.47 Å². The highest BCUT2D eigenvalue weighted by molar-refractivity contribution is 9.10. The number of alkyl halides is 1. The van der Waals surface area contributed by atoms with E-state index >= 15 is 0 Å². The number of benzene rings is 2. The normalized spacial score (nSPS) is 10.3. The molecule has 2 nitrogen and oxygen atoms in total. The Hall–Kier alpha value is -1.19. The van der Waals surface area contributed by atoms with Gasteiger partial charge >= 0.3 is 0 Å². The number of hydrogen-bond donors (Lipinski definition) is 0. The standard InChI is InChI=1S/C15H14BrClO2/c1-18-13-8-7-12(9-17)14(16)15(13)19-10-11-5-3-2-4-6-11/h2-8H,9-10H2,1H3. The van der Waals surface area contributed by atoms with Crippen LogP contribution in [-0.2, 0) is 12.5 Å². The fourth-order valence-electron chi connectivity index (χ4n) is 1.71. The largest absolute Gasteiger partial charge is 0.493 e. The van der Waals surface area contributed by atoms with E-state index in [1.807, 2.05) is 42.5 Å². The lowest BCUT2D eigenvalue weighted by Gasteiger charge is -2.14. The van der Waals surface area contributed by atoms with Crippen molar-refractivity contribution in [2.75, 3.05) is 7.11 Å². The van der Waals surface area contributed by atoms with E-state index in [1.165, 1.54) is 0 Å². The van der Waals surface area contributed by atoms with Gasteiger partial charge in [0.05, 0.1) is 11.6 Å². The molecule has 0 unspecified atom stereocenters. The van der Waals surface area contributed by atoms with Crippen molar-refractivity contribution in [2.45, 2.75) is 12.5 Å². The third kappa shape index (κ3) is 3.43. The Morgan fingerprint density at radius 1 is 1.11 bits per heavy atom. The Kier molecular flexibility index (Phi) is 5.11. The van der Waals surface area contributed by atoms with Crippen LogP contribution in [0.25, 0.3) is 0 Å². The van der Waals surface area contributed by atoms with E-state index in [1.54, 1.807) is 7.11 Å². The maximum Gasteiger partial charge on any atom is 0.176 e. The molecule has 0 atom stereocenters. The third-order valence-electron chi connectivity index (χ3n) is 2.73. The van der Waals surface area contributed by atoms with Crippen LogP contribution in [0.2, 0.25) is 0 Å². The van der Waals surface area contributed by atoms with Crippen LogP contribution in [-0.4, -0.2) is 7.11 Å². The van der Waals surface area contributed by atoms with Crippen LogP contribution in [0.15, 0.2) is 46.9 Å². The van der Waals surface area contributed by atoms with Crippen LogP contribution in [0.4, 0.5) is 0 Å². The number of halogens is 2. The molecule has 19 heavy (non-hydrogen) atoms. The monoisotopic (exact) mass is 340 g/mol. The van der Waals surface area contributed by atoms with E-state index in [2.05, 4.69) is 15.9 Å². The van der Waals surface area contributed by atoms with Gasteiger partial charge in [-0.3, -0.25) is 0 Å². The molecule has 4 heteroatoms. The lowest BCUT2D eigenvalue weighted by atomic mass is 10.2. The summed E-state index contributed by atoms with van der Waals surface area (Å²) in [5.74, 6) is 1.80. The lowest BCUT2D eigenvalue weighted by Crippen LogP contribution is -1.99. The van der Waals surface area contributed by atoms with Crippen molar-refractivity contribution in [1.82, 2.24) is 0 Å². The number of ether oxygens (including phenoxy) is 2. The van der Waals surface area contributed by atoms with Crippen LogP contribution < -0.4 is 9.47 Å². The molecule has 0 amide bonds. The zero-order chi connectivity index (χ0) is 13.7. The van der Waals surface area contributed by atoms with Crippen LogP contribution in [0.3, 0.4) is 0 Å². The minimum absolute atomic E-state index is 0.423. The molecular formula is C15H14BrClO2. The van der Waals surface area contributed by atoms with Crippen molar-refractivity contribution >= 4 is 27.5 Å². The zero-order valence-electron chi connectivity index (χ0n) is 10.5. The van der Waals surface area contributed by atoms with Gasteiger partial charge in [-0.05, 0) is 33.1 Å². The Morgan fingerprint density at radius 2 is 1.84 bits per heavy atom. The molecule has 0 aliphatic heterocycles. The van der Waals surface area contributed by atoms with Gasteiger partial charge in [0.25, 0.3) is 0 Å². The second kappa shape index (κ2) is 6.83. The highest BCUT2D eigenvalue weighted by atomic mass is 79.9. The molecule has 0 aliphatic carbocycles. The Morgan fingerprint density at radius 3 is 2.47 bits per heavy atom. The Labute approximate surface area is 126 Å². The molecule has 0 saturated heterocycles. The molecule has 0 spiro atoms. The molecule has 0 heterocycles.